The van der Waals surface area contributed by atoms with E-state index in [1.807, 2.05) is 11.3 Å². The van der Waals surface area contributed by atoms with Crippen LogP contribution in [0.25, 0.3) is 0 Å². The number of hydrogen-bond donors (Lipinski definition) is 1. The third kappa shape index (κ3) is 3.04. The third-order valence-corrected chi connectivity index (χ3v) is 4.95. The van der Waals surface area contributed by atoms with Gasteiger partial charge >= 0.3 is 0 Å². The summed E-state index contributed by atoms with van der Waals surface area (Å²) in [6.07, 6.45) is 7.11. The first kappa shape index (κ1) is 13.8. The molecule has 0 saturated carbocycles. The molecular formula is C14H25N3S. The van der Waals surface area contributed by atoms with Crippen LogP contribution < -0.4 is 10.2 Å². The summed E-state index contributed by atoms with van der Waals surface area (Å²) >= 11 is 1.86. The van der Waals surface area contributed by atoms with Gasteiger partial charge in [-0.05, 0) is 39.2 Å². The number of nitrogens with one attached hydrogen (secondary N) is 1. The van der Waals surface area contributed by atoms with Gasteiger partial charge in [-0.1, -0.05) is 13.8 Å². The predicted molar refractivity (Wildman–Crippen MR) is 79.5 cm³/mol. The van der Waals surface area contributed by atoms with Gasteiger partial charge in [0.1, 0.15) is 0 Å². The Morgan fingerprint density at radius 2 is 2.39 bits per heavy atom. The lowest BCUT2D eigenvalue weighted by molar-refractivity contribution is 0.577. The zero-order valence-electron chi connectivity index (χ0n) is 11.8. The summed E-state index contributed by atoms with van der Waals surface area (Å²) in [7, 11) is 0. The number of aromatic nitrogens is 1. The van der Waals surface area contributed by atoms with E-state index < -0.39 is 0 Å². The molecule has 2 atom stereocenters. The van der Waals surface area contributed by atoms with Crippen molar-refractivity contribution in [3.8, 4) is 0 Å². The predicted octanol–water partition coefficient (Wildman–Crippen LogP) is 3.58. The lowest BCUT2D eigenvalue weighted by atomic mass is 10.2. The molecule has 3 nitrogen and oxygen atoms in total. The number of anilines is 1. The monoisotopic (exact) mass is 267 g/mol. The molecule has 102 valence electrons. The summed E-state index contributed by atoms with van der Waals surface area (Å²) in [6.45, 7) is 8.98. The van der Waals surface area contributed by atoms with E-state index >= 15 is 0 Å². The quantitative estimate of drug-likeness (QED) is 0.854. The van der Waals surface area contributed by atoms with Crippen molar-refractivity contribution in [3.63, 3.8) is 0 Å². The molecule has 1 saturated heterocycles. The molecule has 1 aromatic heterocycles. The molecule has 2 rings (SSSR count). The SMILES string of the molecule is CCCNC(C)c1cnc(N2CCCC2CC)s1. The van der Waals surface area contributed by atoms with E-state index in [0.717, 1.165) is 6.54 Å². The Morgan fingerprint density at radius 3 is 3.11 bits per heavy atom. The molecule has 4 heteroatoms. The largest absolute Gasteiger partial charge is 0.345 e. The molecule has 18 heavy (non-hydrogen) atoms. The Bertz CT molecular complexity index is 364. The van der Waals surface area contributed by atoms with Crippen LogP contribution in [0.15, 0.2) is 6.20 Å². The average Bonchev–Trinajstić information content (AvgIpc) is 3.02. The summed E-state index contributed by atoms with van der Waals surface area (Å²) in [5, 5.41) is 4.75. The van der Waals surface area contributed by atoms with Gasteiger partial charge in [-0.2, -0.15) is 0 Å². The lowest BCUT2D eigenvalue weighted by Gasteiger charge is -2.22. The summed E-state index contributed by atoms with van der Waals surface area (Å²) in [4.78, 5) is 8.49. The van der Waals surface area contributed by atoms with Crippen molar-refractivity contribution in [2.75, 3.05) is 18.0 Å². The van der Waals surface area contributed by atoms with Gasteiger partial charge < -0.3 is 10.2 Å². The van der Waals surface area contributed by atoms with Gasteiger partial charge in [-0.3, -0.25) is 0 Å². The van der Waals surface area contributed by atoms with Crippen LogP contribution in [0.2, 0.25) is 0 Å². The van der Waals surface area contributed by atoms with E-state index in [0.29, 0.717) is 12.1 Å². The van der Waals surface area contributed by atoms with E-state index in [-0.39, 0.29) is 0 Å². The van der Waals surface area contributed by atoms with E-state index in [9.17, 15) is 0 Å². The Balaban J connectivity index is 2.01. The molecule has 0 radical (unpaired) electrons. The van der Waals surface area contributed by atoms with Crippen LogP contribution in [0.3, 0.4) is 0 Å². The molecule has 1 fully saturated rings. The molecule has 0 amide bonds. The molecule has 1 N–H and O–H groups in total. The molecular weight excluding hydrogens is 242 g/mol. The van der Waals surface area contributed by atoms with Gasteiger partial charge in [0, 0.05) is 29.7 Å². The molecule has 1 aliphatic rings. The molecule has 1 aliphatic heterocycles. The van der Waals surface area contributed by atoms with E-state index in [2.05, 4.69) is 42.2 Å². The Hall–Kier alpha value is -0.610. The highest BCUT2D eigenvalue weighted by atomic mass is 32.1. The van der Waals surface area contributed by atoms with Gasteiger partial charge in [-0.15, -0.1) is 11.3 Å². The van der Waals surface area contributed by atoms with E-state index in [4.69, 9.17) is 0 Å². The molecule has 2 unspecified atom stereocenters. The summed E-state index contributed by atoms with van der Waals surface area (Å²) < 4.78 is 0. The number of thiazole rings is 1. The van der Waals surface area contributed by atoms with Crippen LogP contribution in [0.5, 0.6) is 0 Å². The fourth-order valence-corrected chi connectivity index (χ4v) is 3.62. The number of rotatable bonds is 6. The topological polar surface area (TPSA) is 28.2 Å². The molecule has 2 heterocycles. The van der Waals surface area contributed by atoms with Crippen LogP contribution in [-0.2, 0) is 0 Å². The van der Waals surface area contributed by atoms with Crippen molar-refractivity contribution in [1.29, 1.82) is 0 Å². The Morgan fingerprint density at radius 1 is 1.56 bits per heavy atom. The molecule has 0 spiro atoms. The van der Waals surface area contributed by atoms with Crippen LogP contribution in [-0.4, -0.2) is 24.1 Å². The average molecular weight is 267 g/mol. The van der Waals surface area contributed by atoms with Crippen LogP contribution in [0.1, 0.15) is 57.4 Å². The molecule has 1 aromatic rings. The van der Waals surface area contributed by atoms with Crippen molar-refractivity contribution in [2.45, 2.75) is 58.5 Å². The van der Waals surface area contributed by atoms with Crippen molar-refractivity contribution in [1.82, 2.24) is 10.3 Å². The van der Waals surface area contributed by atoms with E-state index in [1.54, 1.807) is 0 Å². The fraction of sp³-hybridized carbons (Fsp3) is 0.786. The summed E-state index contributed by atoms with van der Waals surface area (Å²) in [5.74, 6) is 0. The minimum absolute atomic E-state index is 0.430. The second kappa shape index (κ2) is 6.53. The van der Waals surface area contributed by atoms with Gasteiger partial charge in [-0.25, -0.2) is 4.98 Å². The van der Waals surface area contributed by atoms with Gasteiger partial charge in [0.15, 0.2) is 5.13 Å². The lowest BCUT2D eigenvalue weighted by Crippen LogP contribution is -2.28. The molecule has 0 aromatic carbocycles. The minimum atomic E-state index is 0.430. The second-order valence-electron chi connectivity index (χ2n) is 5.12. The maximum Gasteiger partial charge on any atom is 0.185 e. The third-order valence-electron chi connectivity index (χ3n) is 3.73. The minimum Gasteiger partial charge on any atom is -0.345 e. The van der Waals surface area contributed by atoms with Crippen molar-refractivity contribution in [3.05, 3.63) is 11.1 Å². The first-order valence-corrected chi connectivity index (χ1v) is 8.03. The van der Waals surface area contributed by atoms with Gasteiger partial charge in [0.05, 0.1) is 0 Å². The zero-order chi connectivity index (χ0) is 13.0. The first-order valence-electron chi connectivity index (χ1n) is 7.22. The highest BCUT2D eigenvalue weighted by Crippen LogP contribution is 2.32. The van der Waals surface area contributed by atoms with E-state index in [1.165, 1.54) is 42.2 Å². The maximum atomic E-state index is 4.63. The number of nitrogens with zero attached hydrogens (tertiary/aromatic N) is 2. The van der Waals surface area contributed by atoms with Crippen LogP contribution in [0, 0.1) is 0 Å². The molecule has 0 aliphatic carbocycles. The number of hydrogen-bond acceptors (Lipinski definition) is 4. The first-order chi connectivity index (χ1) is 8.76. The second-order valence-corrected chi connectivity index (χ2v) is 6.16. The fourth-order valence-electron chi connectivity index (χ4n) is 2.58. The van der Waals surface area contributed by atoms with Crippen molar-refractivity contribution < 1.29 is 0 Å². The standard InChI is InChI=1S/C14H25N3S/c1-4-8-15-11(3)13-10-16-14(18-13)17-9-6-7-12(17)5-2/h10-12,15H,4-9H2,1-3H3. The summed E-state index contributed by atoms with van der Waals surface area (Å²) in [5.41, 5.74) is 0. The van der Waals surface area contributed by atoms with Gasteiger partial charge in [0.25, 0.3) is 0 Å². The molecule has 0 bridgehead atoms. The highest BCUT2D eigenvalue weighted by Gasteiger charge is 2.25. The smallest absolute Gasteiger partial charge is 0.185 e. The Kier molecular flexibility index (Phi) is 5.01. The normalized spacial score (nSPS) is 21.5. The van der Waals surface area contributed by atoms with Gasteiger partial charge in [0.2, 0.25) is 0 Å². The maximum absolute atomic E-state index is 4.63. The van der Waals surface area contributed by atoms with Crippen LogP contribution >= 0.6 is 11.3 Å². The highest BCUT2D eigenvalue weighted by molar-refractivity contribution is 7.15. The Labute approximate surface area is 115 Å². The van der Waals surface area contributed by atoms with Crippen molar-refractivity contribution >= 4 is 16.5 Å². The zero-order valence-corrected chi connectivity index (χ0v) is 12.6. The van der Waals surface area contributed by atoms with Crippen LogP contribution in [0.4, 0.5) is 5.13 Å². The van der Waals surface area contributed by atoms with Crippen molar-refractivity contribution in [2.24, 2.45) is 0 Å². The summed E-state index contributed by atoms with van der Waals surface area (Å²) in [6, 6.07) is 1.14.